The van der Waals surface area contributed by atoms with Crippen LogP contribution in [0.25, 0.3) is 0 Å². The molecule has 0 fully saturated rings. The molecule has 3 N–H and O–H groups in total. The number of hydrogen-bond acceptors (Lipinski definition) is 2. The molecule has 1 aromatic rings. The fraction of sp³-hybridized carbons (Fsp3) is 0.364. The van der Waals surface area contributed by atoms with Crippen molar-refractivity contribution in [2.24, 2.45) is 5.73 Å². The van der Waals surface area contributed by atoms with Crippen LogP contribution in [-0.4, -0.2) is 24.9 Å². The second kappa shape index (κ2) is 6.61. The van der Waals surface area contributed by atoms with Crippen LogP contribution in [0.5, 0.6) is 0 Å². The van der Waals surface area contributed by atoms with Gasteiger partial charge in [-0.3, -0.25) is 4.79 Å². The molecule has 0 saturated carbocycles. The van der Waals surface area contributed by atoms with Gasteiger partial charge in [-0.15, -0.1) is 12.4 Å². The van der Waals surface area contributed by atoms with E-state index < -0.39 is 30.7 Å². The van der Waals surface area contributed by atoms with Gasteiger partial charge in [-0.25, -0.2) is 13.2 Å². The third-order valence-electron chi connectivity index (χ3n) is 2.24. The van der Waals surface area contributed by atoms with E-state index in [9.17, 15) is 18.0 Å². The molecule has 7 heteroatoms. The first-order valence-corrected chi connectivity index (χ1v) is 4.98. The third kappa shape index (κ3) is 4.19. The van der Waals surface area contributed by atoms with Gasteiger partial charge in [0.15, 0.2) is 0 Å². The predicted octanol–water partition coefficient (Wildman–Crippen LogP) is 1.88. The maximum absolute atomic E-state index is 13.5. The molecule has 0 bridgehead atoms. The van der Waals surface area contributed by atoms with E-state index in [2.05, 4.69) is 0 Å². The first-order chi connectivity index (χ1) is 7.87. The maximum atomic E-state index is 13.5. The summed E-state index contributed by atoms with van der Waals surface area (Å²) in [5.41, 5.74) is 4.84. The van der Waals surface area contributed by atoms with Gasteiger partial charge in [0.25, 0.3) is 11.8 Å². The molecule has 0 heterocycles. The number of amides is 1. The minimum Gasteiger partial charge on any atom is -0.346 e. The molecule has 0 radical (unpaired) electrons. The van der Waals surface area contributed by atoms with Crippen molar-refractivity contribution in [3.05, 3.63) is 35.1 Å². The molecule has 0 spiro atoms. The van der Waals surface area contributed by atoms with Crippen molar-refractivity contribution in [1.29, 1.82) is 0 Å². The van der Waals surface area contributed by atoms with E-state index in [1.54, 1.807) is 0 Å². The minimum absolute atomic E-state index is 0. The topological polar surface area (TPSA) is 55.1 Å². The van der Waals surface area contributed by atoms with Crippen LogP contribution in [0.2, 0.25) is 0 Å². The summed E-state index contributed by atoms with van der Waals surface area (Å²) in [5, 5.41) is 1.95. The Hall–Kier alpha value is -1.27. The van der Waals surface area contributed by atoms with Crippen LogP contribution in [0.3, 0.4) is 0 Å². The second-order valence-corrected chi connectivity index (χ2v) is 3.68. The zero-order chi connectivity index (χ0) is 13.1. The lowest BCUT2D eigenvalue weighted by Crippen LogP contribution is -2.41. The predicted molar refractivity (Wildman–Crippen MR) is 64.7 cm³/mol. The quantitative estimate of drug-likeness (QED) is 0.886. The molecule has 1 rings (SSSR count). The number of hydrogen-bond donors (Lipinski definition) is 2. The van der Waals surface area contributed by atoms with E-state index in [0.717, 1.165) is 0 Å². The maximum Gasteiger partial charge on any atom is 0.277 e. The normalized spacial score (nSPS) is 10.7. The van der Waals surface area contributed by atoms with Crippen LogP contribution in [0.1, 0.15) is 15.9 Å². The van der Waals surface area contributed by atoms with Gasteiger partial charge in [0, 0.05) is 0 Å². The average Bonchev–Trinajstić information content (AvgIpc) is 2.30. The summed E-state index contributed by atoms with van der Waals surface area (Å²) in [6, 6.07) is 4.20. The highest BCUT2D eigenvalue weighted by atomic mass is 35.5. The van der Waals surface area contributed by atoms with E-state index >= 15 is 0 Å². The zero-order valence-corrected chi connectivity index (χ0v) is 10.5. The summed E-state index contributed by atoms with van der Waals surface area (Å²) >= 11 is 0. The molecular weight excluding hydrogens is 269 g/mol. The molecule has 0 aromatic heterocycles. The van der Waals surface area contributed by atoms with E-state index in [1.165, 1.54) is 25.1 Å². The molecule has 0 saturated heterocycles. The molecule has 3 nitrogen and oxygen atoms in total. The Balaban J connectivity index is 0.00000289. The minimum atomic E-state index is -3.18. The molecule has 18 heavy (non-hydrogen) atoms. The van der Waals surface area contributed by atoms with Crippen molar-refractivity contribution in [2.45, 2.75) is 12.8 Å². The number of alkyl halides is 2. The zero-order valence-electron chi connectivity index (χ0n) is 9.67. The number of rotatable bonds is 4. The fourth-order valence-electron chi connectivity index (χ4n) is 1.20. The van der Waals surface area contributed by atoms with Crippen LogP contribution in [0.15, 0.2) is 18.2 Å². The highest BCUT2D eigenvalue weighted by Crippen LogP contribution is 2.13. The Morgan fingerprint density at radius 2 is 2.06 bits per heavy atom. The highest BCUT2D eigenvalue weighted by Gasteiger charge is 2.27. The number of nitrogens with one attached hydrogen (secondary N) is 1. The van der Waals surface area contributed by atoms with E-state index in [1.807, 2.05) is 5.32 Å². The molecule has 0 aliphatic rings. The summed E-state index contributed by atoms with van der Waals surface area (Å²) < 4.78 is 39.0. The number of benzene rings is 1. The molecule has 1 amide bonds. The first-order valence-electron chi connectivity index (χ1n) is 4.98. The summed E-state index contributed by atoms with van der Waals surface area (Å²) in [5.74, 6) is -4.77. The smallest absolute Gasteiger partial charge is 0.277 e. The van der Waals surface area contributed by atoms with E-state index in [4.69, 9.17) is 5.73 Å². The van der Waals surface area contributed by atoms with Crippen molar-refractivity contribution in [3.8, 4) is 0 Å². The van der Waals surface area contributed by atoms with Gasteiger partial charge >= 0.3 is 0 Å². The largest absolute Gasteiger partial charge is 0.346 e. The number of carbonyl (C=O) groups excluding carboxylic acids is 1. The lowest BCUT2D eigenvalue weighted by atomic mass is 10.1. The summed E-state index contributed by atoms with van der Waals surface area (Å²) in [6.45, 7) is -0.292. The van der Waals surface area contributed by atoms with Gasteiger partial charge in [-0.1, -0.05) is 12.1 Å². The Bertz CT molecular complexity index is 427. The van der Waals surface area contributed by atoms with E-state index in [-0.39, 0.29) is 23.5 Å². The monoisotopic (exact) mass is 282 g/mol. The molecule has 0 atom stereocenters. The molecule has 0 unspecified atom stereocenters. The van der Waals surface area contributed by atoms with Crippen LogP contribution in [0, 0.1) is 12.7 Å². The van der Waals surface area contributed by atoms with Crippen LogP contribution in [0.4, 0.5) is 13.2 Å². The Labute approximate surface area is 109 Å². The highest BCUT2D eigenvalue weighted by molar-refractivity contribution is 5.94. The molecule has 102 valence electrons. The molecule has 0 aliphatic heterocycles. The number of carbonyl (C=O) groups is 1. The Morgan fingerprint density at radius 3 is 2.61 bits per heavy atom. The van der Waals surface area contributed by atoms with Gasteiger partial charge in [0.2, 0.25) is 0 Å². The van der Waals surface area contributed by atoms with Crippen molar-refractivity contribution in [1.82, 2.24) is 5.32 Å². The number of nitrogens with two attached hydrogens (primary N) is 1. The lowest BCUT2D eigenvalue weighted by Gasteiger charge is -2.14. The SMILES string of the molecule is Cc1cccc(C(=O)NCC(F)(F)CN)c1F.Cl. The van der Waals surface area contributed by atoms with Gasteiger partial charge in [0.05, 0.1) is 18.7 Å². The van der Waals surface area contributed by atoms with Crippen molar-refractivity contribution in [2.75, 3.05) is 13.1 Å². The van der Waals surface area contributed by atoms with Crippen molar-refractivity contribution >= 4 is 18.3 Å². The van der Waals surface area contributed by atoms with Gasteiger partial charge < -0.3 is 11.1 Å². The van der Waals surface area contributed by atoms with Crippen LogP contribution in [-0.2, 0) is 0 Å². The first kappa shape index (κ1) is 16.7. The summed E-state index contributed by atoms with van der Waals surface area (Å²) in [7, 11) is 0. The summed E-state index contributed by atoms with van der Waals surface area (Å²) in [6.07, 6.45) is 0. The van der Waals surface area contributed by atoms with Gasteiger partial charge in [-0.2, -0.15) is 0 Å². The number of aryl methyl sites for hydroxylation is 1. The standard InChI is InChI=1S/C11H13F3N2O.ClH/c1-7-3-2-4-8(9(7)12)10(17)16-6-11(13,14)5-15;/h2-4H,5-6,15H2,1H3,(H,16,17);1H. The second-order valence-electron chi connectivity index (χ2n) is 3.68. The van der Waals surface area contributed by atoms with Gasteiger partial charge in [0.1, 0.15) is 5.82 Å². The Kier molecular flexibility index (Phi) is 6.14. The summed E-state index contributed by atoms with van der Waals surface area (Å²) in [4.78, 5) is 11.5. The van der Waals surface area contributed by atoms with Crippen LogP contribution < -0.4 is 11.1 Å². The van der Waals surface area contributed by atoms with Crippen molar-refractivity contribution in [3.63, 3.8) is 0 Å². The molecule has 1 aromatic carbocycles. The lowest BCUT2D eigenvalue weighted by molar-refractivity contribution is 0.0118. The van der Waals surface area contributed by atoms with Crippen LogP contribution >= 0.6 is 12.4 Å². The van der Waals surface area contributed by atoms with Crippen molar-refractivity contribution < 1.29 is 18.0 Å². The third-order valence-corrected chi connectivity index (χ3v) is 2.24. The number of halogens is 4. The van der Waals surface area contributed by atoms with E-state index in [0.29, 0.717) is 0 Å². The van der Waals surface area contributed by atoms with Gasteiger partial charge in [-0.05, 0) is 18.6 Å². The Morgan fingerprint density at radius 1 is 1.44 bits per heavy atom. The molecular formula is C11H14ClF3N2O. The average molecular weight is 283 g/mol. The fourth-order valence-corrected chi connectivity index (χ4v) is 1.20. The molecule has 0 aliphatic carbocycles.